The molecular formula is C27H35N3O5. The molecule has 1 amide bonds. The Hall–Kier alpha value is -2.97. The van der Waals surface area contributed by atoms with E-state index >= 15 is 0 Å². The van der Waals surface area contributed by atoms with Gasteiger partial charge in [0.05, 0.1) is 19.8 Å². The number of rotatable bonds is 7. The van der Waals surface area contributed by atoms with E-state index in [1.165, 1.54) is 5.56 Å². The van der Waals surface area contributed by atoms with Crippen LogP contribution in [0.1, 0.15) is 37.4 Å². The predicted octanol–water partition coefficient (Wildman–Crippen LogP) is 3.21. The summed E-state index contributed by atoms with van der Waals surface area (Å²) in [6.07, 6.45) is 0.883. The van der Waals surface area contributed by atoms with Crippen LogP contribution in [-0.2, 0) is 11.3 Å². The highest BCUT2D eigenvalue weighted by atomic mass is 16.7. The molecule has 8 heteroatoms. The van der Waals surface area contributed by atoms with E-state index in [0.29, 0.717) is 32.5 Å². The van der Waals surface area contributed by atoms with E-state index < -0.39 is 0 Å². The summed E-state index contributed by atoms with van der Waals surface area (Å²) in [6, 6.07) is 12.3. The van der Waals surface area contributed by atoms with Crippen molar-refractivity contribution in [2.75, 3.05) is 52.7 Å². The molecule has 2 aromatic carbocycles. The standard InChI is InChI=1S/C27H35N3O5/c1-19(2)27(21-5-7-22-25(15-21)33-13-3-12-32-22)28-16-26(31)30-10-8-29(9-11-30)17-20-4-6-23-24(14-20)35-18-34-23/h4-7,14-15,19,27-28H,3,8-13,16-18H2,1-2H3. The van der Waals surface area contributed by atoms with Crippen molar-refractivity contribution in [1.82, 2.24) is 15.1 Å². The molecule has 1 saturated heterocycles. The van der Waals surface area contributed by atoms with Gasteiger partial charge in [-0.2, -0.15) is 0 Å². The highest BCUT2D eigenvalue weighted by molar-refractivity contribution is 5.78. The second-order valence-electron chi connectivity index (χ2n) is 9.70. The van der Waals surface area contributed by atoms with E-state index in [2.05, 4.69) is 48.3 Å². The normalized spacial score (nSPS) is 18.4. The SMILES string of the molecule is CC(C)C(NCC(=O)N1CCN(Cc2ccc3c(c2)OCO3)CC1)c1ccc2c(c1)OCCCO2. The number of benzene rings is 2. The molecule has 0 radical (unpaired) electrons. The molecule has 1 fully saturated rings. The van der Waals surface area contributed by atoms with Crippen LogP contribution >= 0.6 is 0 Å². The minimum Gasteiger partial charge on any atom is -0.490 e. The quantitative estimate of drug-likeness (QED) is 0.651. The van der Waals surface area contributed by atoms with Gasteiger partial charge in [0.2, 0.25) is 12.7 Å². The third-order valence-electron chi connectivity index (χ3n) is 6.84. The fourth-order valence-corrected chi connectivity index (χ4v) is 4.87. The van der Waals surface area contributed by atoms with Gasteiger partial charge in [-0.05, 0) is 41.3 Å². The van der Waals surface area contributed by atoms with Crippen molar-refractivity contribution in [3.8, 4) is 23.0 Å². The molecule has 2 aromatic rings. The molecule has 188 valence electrons. The Morgan fingerprint density at radius 1 is 0.886 bits per heavy atom. The van der Waals surface area contributed by atoms with Crippen LogP contribution in [0.4, 0.5) is 0 Å². The van der Waals surface area contributed by atoms with Crippen LogP contribution in [0.3, 0.4) is 0 Å². The third-order valence-corrected chi connectivity index (χ3v) is 6.84. The number of nitrogens with one attached hydrogen (secondary N) is 1. The van der Waals surface area contributed by atoms with Gasteiger partial charge in [-0.25, -0.2) is 0 Å². The first-order valence-electron chi connectivity index (χ1n) is 12.6. The molecule has 0 aromatic heterocycles. The van der Waals surface area contributed by atoms with E-state index in [0.717, 1.165) is 67.7 Å². The van der Waals surface area contributed by atoms with Crippen LogP contribution in [0.2, 0.25) is 0 Å². The summed E-state index contributed by atoms with van der Waals surface area (Å²) >= 11 is 0. The Bertz CT molecular complexity index is 1040. The fourth-order valence-electron chi connectivity index (χ4n) is 4.87. The van der Waals surface area contributed by atoms with Gasteiger partial charge in [-0.15, -0.1) is 0 Å². The van der Waals surface area contributed by atoms with Crippen molar-refractivity contribution in [2.24, 2.45) is 5.92 Å². The van der Waals surface area contributed by atoms with Crippen LogP contribution in [-0.4, -0.2) is 68.4 Å². The lowest BCUT2D eigenvalue weighted by atomic mass is 9.95. The average molecular weight is 482 g/mol. The first-order valence-corrected chi connectivity index (χ1v) is 12.6. The van der Waals surface area contributed by atoms with E-state index in [1.54, 1.807) is 0 Å². The summed E-state index contributed by atoms with van der Waals surface area (Å²) in [6.45, 7) is 10.3. The molecular weight excluding hydrogens is 446 g/mol. The minimum absolute atomic E-state index is 0.0587. The zero-order valence-corrected chi connectivity index (χ0v) is 20.6. The largest absolute Gasteiger partial charge is 0.490 e. The Balaban J connectivity index is 1.12. The number of fused-ring (bicyclic) bond motifs is 2. The maximum Gasteiger partial charge on any atom is 0.236 e. The van der Waals surface area contributed by atoms with E-state index in [1.807, 2.05) is 17.0 Å². The number of ether oxygens (including phenoxy) is 4. The van der Waals surface area contributed by atoms with Gasteiger partial charge < -0.3 is 29.2 Å². The number of carbonyl (C=O) groups is 1. The number of amides is 1. The zero-order chi connectivity index (χ0) is 24.2. The summed E-state index contributed by atoms with van der Waals surface area (Å²) in [7, 11) is 0. The number of hydrogen-bond acceptors (Lipinski definition) is 7. The van der Waals surface area contributed by atoms with Crippen molar-refractivity contribution in [2.45, 2.75) is 32.9 Å². The summed E-state index contributed by atoms with van der Waals surface area (Å²) in [5.74, 6) is 3.68. The fraction of sp³-hybridized carbons (Fsp3) is 0.519. The van der Waals surface area contributed by atoms with Crippen molar-refractivity contribution in [3.05, 3.63) is 47.5 Å². The van der Waals surface area contributed by atoms with Crippen LogP contribution in [0, 0.1) is 5.92 Å². The van der Waals surface area contributed by atoms with Gasteiger partial charge in [0.15, 0.2) is 23.0 Å². The third kappa shape index (κ3) is 5.65. The molecule has 5 rings (SSSR count). The van der Waals surface area contributed by atoms with Crippen molar-refractivity contribution in [3.63, 3.8) is 0 Å². The number of piperazine rings is 1. The average Bonchev–Trinajstić information content (AvgIpc) is 3.20. The van der Waals surface area contributed by atoms with Crippen molar-refractivity contribution < 1.29 is 23.7 Å². The van der Waals surface area contributed by atoms with Gasteiger partial charge >= 0.3 is 0 Å². The molecule has 0 spiro atoms. The topological polar surface area (TPSA) is 72.5 Å². The van der Waals surface area contributed by atoms with Crippen molar-refractivity contribution >= 4 is 5.91 Å². The van der Waals surface area contributed by atoms with Crippen molar-refractivity contribution in [1.29, 1.82) is 0 Å². The van der Waals surface area contributed by atoms with Gasteiger partial charge in [0.1, 0.15) is 0 Å². The van der Waals surface area contributed by atoms with Crippen LogP contribution in [0.25, 0.3) is 0 Å². The van der Waals surface area contributed by atoms with Crippen LogP contribution < -0.4 is 24.3 Å². The summed E-state index contributed by atoms with van der Waals surface area (Å²) in [4.78, 5) is 17.3. The lowest BCUT2D eigenvalue weighted by molar-refractivity contribution is -0.132. The number of nitrogens with zero attached hydrogens (tertiary/aromatic N) is 2. The Morgan fingerprint density at radius 2 is 1.57 bits per heavy atom. The first kappa shape index (κ1) is 23.8. The number of hydrogen-bond donors (Lipinski definition) is 1. The lowest BCUT2D eigenvalue weighted by Crippen LogP contribution is -2.50. The second kappa shape index (κ2) is 10.7. The Labute approximate surface area is 207 Å². The van der Waals surface area contributed by atoms with E-state index in [9.17, 15) is 4.79 Å². The molecule has 0 saturated carbocycles. The molecule has 3 aliphatic rings. The number of carbonyl (C=O) groups excluding carboxylic acids is 1. The maximum absolute atomic E-state index is 13.0. The van der Waals surface area contributed by atoms with Gasteiger partial charge in [0, 0.05) is 45.2 Å². The smallest absolute Gasteiger partial charge is 0.236 e. The Kier molecular flexibility index (Phi) is 7.29. The molecule has 35 heavy (non-hydrogen) atoms. The predicted molar refractivity (Wildman–Crippen MR) is 132 cm³/mol. The van der Waals surface area contributed by atoms with Crippen LogP contribution in [0.5, 0.6) is 23.0 Å². The van der Waals surface area contributed by atoms with Gasteiger partial charge in [0.25, 0.3) is 0 Å². The Morgan fingerprint density at radius 3 is 2.37 bits per heavy atom. The van der Waals surface area contributed by atoms with E-state index in [-0.39, 0.29) is 11.9 Å². The first-order chi connectivity index (χ1) is 17.1. The molecule has 0 aliphatic carbocycles. The highest BCUT2D eigenvalue weighted by Gasteiger charge is 2.24. The molecule has 1 N–H and O–H groups in total. The van der Waals surface area contributed by atoms with E-state index in [4.69, 9.17) is 18.9 Å². The molecule has 1 unspecified atom stereocenters. The van der Waals surface area contributed by atoms with Gasteiger partial charge in [-0.1, -0.05) is 26.0 Å². The molecule has 3 heterocycles. The lowest BCUT2D eigenvalue weighted by Gasteiger charge is -2.35. The second-order valence-corrected chi connectivity index (χ2v) is 9.70. The molecule has 8 nitrogen and oxygen atoms in total. The highest BCUT2D eigenvalue weighted by Crippen LogP contribution is 2.34. The van der Waals surface area contributed by atoms with Gasteiger partial charge in [-0.3, -0.25) is 9.69 Å². The minimum atomic E-state index is 0.0587. The maximum atomic E-state index is 13.0. The molecule has 3 aliphatic heterocycles. The molecule has 1 atom stereocenters. The summed E-state index contributed by atoms with van der Waals surface area (Å²) in [5.41, 5.74) is 2.32. The molecule has 0 bridgehead atoms. The van der Waals surface area contributed by atoms with Crippen LogP contribution in [0.15, 0.2) is 36.4 Å². The summed E-state index contributed by atoms with van der Waals surface area (Å²) in [5, 5.41) is 3.50. The monoisotopic (exact) mass is 481 g/mol. The summed E-state index contributed by atoms with van der Waals surface area (Å²) < 4.78 is 22.5. The zero-order valence-electron chi connectivity index (χ0n) is 20.6.